The van der Waals surface area contributed by atoms with Crippen LogP contribution in [0.4, 0.5) is 0 Å². The maximum Gasteiger partial charge on any atom is 0.0646 e. The Morgan fingerprint density at radius 1 is 1.07 bits per heavy atom. The van der Waals surface area contributed by atoms with Gasteiger partial charge in [0, 0.05) is 6.21 Å². The number of hydrogen-bond donors (Lipinski definition) is 0. The van der Waals surface area contributed by atoms with E-state index in [9.17, 15) is 0 Å². The van der Waals surface area contributed by atoms with Crippen molar-refractivity contribution in [2.24, 2.45) is 4.99 Å². The second-order valence-corrected chi connectivity index (χ2v) is 3.89. The van der Waals surface area contributed by atoms with Crippen molar-refractivity contribution < 1.29 is 0 Å². The fraction of sp³-hybridized carbons (Fsp3) is 0.154. The van der Waals surface area contributed by atoms with Gasteiger partial charge in [-0.15, -0.1) is 0 Å². The number of aliphatic imine (C=N–C) groups is 1. The van der Waals surface area contributed by atoms with Gasteiger partial charge < -0.3 is 0 Å². The summed E-state index contributed by atoms with van der Waals surface area (Å²) in [5, 5.41) is 0. The lowest BCUT2D eigenvalue weighted by Gasteiger charge is -2.13. The van der Waals surface area contributed by atoms with Crippen LogP contribution in [0.5, 0.6) is 0 Å². The summed E-state index contributed by atoms with van der Waals surface area (Å²) in [4.78, 5) is 4.27. The van der Waals surface area contributed by atoms with E-state index in [0.717, 1.165) is 13.0 Å². The first-order chi connectivity index (χ1) is 6.83. The van der Waals surface area contributed by atoms with Gasteiger partial charge in [-0.25, -0.2) is 0 Å². The summed E-state index contributed by atoms with van der Waals surface area (Å²) >= 11 is 0. The third-order valence-electron chi connectivity index (χ3n) is 2.81. The first kappa shape index (κ1) is 7.74. The first-order valence-electron chi connectivity index (χ1n) is 4.84. The maximum atomic E-state index is 4.27. The van der Waals surface area contributed by atoms with E-state index < -0.39 is 0 Å². The molecule has 0 spiro atoms. The van der Waals surface area contributed by atoms with E-state index in [2.05, 4.69) is 35.9 Å². The molecule has 1 nitrogen and oxygen atoms in total. The highest BCUT2D eigenvalue weighted by Gasteiger charge is 2.12. The van der Waals surface area contributed by atoms with Gasteiger partial charge in [0.25, 0.3) is 0 Å². The highest BCUT2D eigenvalue weighted by molar-refractivity contribution is 5.86. The molecular weight excluding hydrogens is 170 g/mol. The second kappa shape index (κ2) is 2.68. The van der Waals surface area contributed by atoms with Gasteiger partial charge >= 0.3 is 0 Å². The van der Waals surface area contributed by atoms with E-state index in [1.165, 1.54) is 27.8 Å². The lowest BCUT2D eigenvalue weighted by atomic mass is 9.91. The van der Waals surface area contributed by atoms with Crippen LogP contribution < -0.4 is 0 Å². The molecule has 14 heavy (non-hydrogen) atoms. The molecule has 0 atom stereocenters. The summed E-state index contributed by atoms with van der Waals surface area (Å²) in [7, 11) is 0. The molecule has 0 saturated carbocycles. The van der Waals surface area contributed by atoms with Crippen molar-refractivity contribution in [2.45, 2.75) is 13.0 Å². The predicted octanol–water partition coefficient (Wildman–Crippen LogP) is 2.74. The Morgan fingerprint density at radius 2 is 2.00 bits per heavy atom. The molecule has 0 unspecified atom stereocenters. The van der Waals surface area contributed by atoms with Crippen LogP contribution in [0.15, 0.2) is 35.4 Å². The molecule has 0 aromatic heterocycles. The molecule has 1 aromatic rings. The molecule has 1 aliphatic heterocycles. The van der Waals surface area contributed by atoms with Gasteiger partial charge in [-0.2, -0.15) is 0 Å². The van der Waals surface area contributed by atoms with Crippen LogP contribution in [0.25, 0.3) is 6.08 Å². The van der Waals surface area contributed by atoms with Gasteiger partial charge in [-0.05, 0) is 34.7 Å². The smallest absolute Gasteiger partial charge is 0.0646 e. The van der Waals surface area contributed by atoms with Crippen molar-refractivity contribution in [3.05, 3.63) is 52.6 Å². The van der Waals surface area contributed by atoms with E-state index in [0.29, 0.717) is 0 Å². The molecule has 0 bridgehead atoms. The van der Waals surface area contributed by atoms with Crippen molar-refractivity contribution in [3.8, 4) is 0 Å². The molecule has 0 N–H and O–H groups in total. The minimum absolute atomic E-state index is 0.846. The number of hydrogen-bond acceptors (Lipinski definition) is 1. The fourth-order valence-electron chi connectivity index (χ4n) is 2.05. The van der Waals surface area contributed by atoms with Crippen LogP contribution in [0, 0.1) is 0 Å². The van der Waals surface area contributed by atoms with Crippen molar-refractivity contribution in [3.63, 3.8) is 0 Å². The molecule has 2 aliphatic rings. The topological polar surface area (TPSA) is 12.4 Å². The zero-order valence-corrected chi connectivity index (χ0v) is 7.96. The lowest BCUT2D eigenvalue weighted by molar-refractivity contribution is 1.09. The third-order valence-corrected chi connectivity index (χ3v) is 2.81. The summed E-state index contributed by atoms with van der Waals surface area (Å²) in [6.45, 7) is 4.83. The van der Waals surface area contributed by atoms with Crippen LogP contribution in [-0.4, -0.2) is 6.21 Å². The summed E-state index contributed by atoms with van der Waals surface area (Å²) in [6.07, 6.45) is 7.19. The predicted molar refractivity (Wildman–Crippen MR) is 59.6 cm³/mol. The van der Waals surface area contributed by atoms with E-state index in [1.807, 2.05) is 6.21 Å². The van der Waals surface area contributed by atoms with Crippen molar-refractivity contribution in [1.29, 1.82) is 0 Å². The lowest BCUT2D eigenvalue weighted by Crippen LogP contribution is -1.99. The zero-order valence-electron chi connectivity index (χ0n) is 7.96. The summed E-state index contributed by atoms with van der Waals surface area (Å²) in [6, 6.07) is 4.50. The summed E-state index contributed by atoms with van der Waals surface area (Å²) < 4.78 is 0. The molecule has 3 rings (SSSR count). The molecule has 1 aromatic carbocycles. The average Bonchev–Trinajstić information content (AvgIpc) is 2.61. The molecule has 68 valence electrons. The van der Waals surface area contributed by atoms with Gasteiger partial charge in [-0.3, -0.25) is 4.99 Å². The normalized spacial score (nSPS) is 17.0. The maximum absolute atomic E-state index is 4.27. The van der Waals surface area contributed by atoms with Crippen LogP contribution >= 0.6 is 0 Å². The van der Waals surface area contributed by atoms with Gasteiger partial charge in [0.1, 0.15) is 0 Å². The van der Waals surface area contributed by atoms with Gasteiger partial charge in [0.05, 0.1) is 6.54 Å². The highest BCUT2D eigenvalue weighted by Crippen LogP contribution is 2.26. The van der Waals surface area contributed by atoms with Gasteiger partial charge in [-0.1, -0.05) is 30.4 Å². The number of rotatable bonds is 0. The average molecular weight is 181 g/mol. The molecule has 1 heterocycles. The third kappa shape index (κ3) is 1.06. The van der Waals surface area contributed by atoms with Crippen molar-refractivity contribution in [2.75, 3.05) is 0 Å². The fourth-order valence-corrected chi connectivity index (χ4v) is 2.05. The van der Waals surface area contributed by atoms with E-state index >= 15 is 0 Å². The Bertz CT molecular complexity index is 478. The zero-order chi connectivity index (χ0) is 9.54. The Morgan fingerprint density at radius 3 is 2.93 bits per heavy atom. The molecule has 1 heteroatoms. The Balaban J connectivity index is 2.19. The SMILES string of the molecule is C=C1C=Cc2cc3c(cc2C1)CN=C3. The number of nitrogens with zero attached hydrogens (tertiary/aromatic N) is 1. The van der Waals surface area contributed by atoms with Crippen LogP contribution in [0.1, 0.15) is 22.3 Å². The molecule has 1 aliphatic carbocycles. The van der Waals surface area contributed by atoms with Crippen molar-refractivity contribution in [1.82, 2.24) is 0 Å². The Labute approximate surface area is 83.5 Å². The number of benzene rings is 1. The largest absolute Gasteiger partial charge is 0.288 e. The van der Waals surface area contributed by atoms with Gasteiger partial charge in [0.2, 0.25) is 0 Å². The van der Waals surface area contributed by atoms with E-state index in [4.69, 9.17) is 0 Å². The number of allylic oxidation sites excluding steroid dienone is 2. The van der Waals surface area contributed by atoms with Crippen LogP contribution in [0.2, 0.25) is 0 Å². The summed E-state index contributed by atoms with van der Waals surface area (Å²) in [5.74, 6) is 0. The Hall–Kier alpha value is -1.63. The molecule has 0 saturated heterocycles. The second-order valence-electron chi connectivity index (χ2n) is 3.89. The van der Waals surface area contributed by atoms with E-state index in [1.54, 1.807) is 0 Å². The molecular formula is C13H11N. The minimum Gasteiger partial charge on any atom is -0.288 e. The number of fused-ring (bicyclic) bond motifs is 2. The quantitative estimate of drug-likeness (QED) is 0.583. The van der Waals surface area contributed by atoms with E-state index in [-0.39, 0.29) is 0 Å². The van der Waals surface area contributed by atoms with Crippen LogP contribution in [-0.2, 0) is 13.0 Å². The summed E-state index contributed by atoms with van der Waals surface area (Å²) in [5.41, 5.74) is 6.54. The molecule has 0 amide bonds. The van der Waals surface area contributed by atoms with Crippen molar-refractivity contribution >= 4 is 12.3 Å². The molecule has 0 fully saturated rings. The Kier molecular flexibility index (Phi) is 1.48. The minimum atomic E-state index is 0.846. The first-order valence-corrected chi connectivity index (χ1v) is 4.84. The van der Waals surface area contributed by atoms with Crippen LogP contribution in [0.3, 0.4) is 0 Å². The standard InChI is InChI=1S/C13H11N/c1-9-2-3-10-5-12-7-14-8-13(12)6-11(10)4-9/h2-3,5-7H,1,4,8H2. The monoisotopic (exact) mass is 181 g/mol. The highest BCUT2D eigenvalue weighted by atomic mass is 14.7. The van der Waals surface area contributed by atoms with Gasteiger partial charge in [0.15, 0.2) is 0 Å². The molecule has 0 radical (unpaired) electrons.